The fourth-order valence-electron chi connectivity index (χ4n) is 3.71. The van der Waals surface area contributed by atoms with Gasteiger partial charge >= 0.3 is 5.97 Å². The molecule has 1 aromatic carbocycles. The third-order valence-electron chi connectivity index (χ3n) is 5.81. The SMILES string of the molecule is NCCCCC(NC(=O)C(Cc1ccccc1)NC(=O)C(CCCN=C(N)N)NC(=O)C(N)CC(N)=O)C(=O)O. The molecule has 0 aliphatic carbocycles. The number of aliphatic imine (C=N–C) groups is 1. The number of carboxylic acid groups (broad SMARTS) is 1. The van der Waals surface area contributed by atoms with Crippen LogP contribution >= 0.6 is 0 Å². The molecule has 4 atom stereocenters. The minimum atomic E-state index is -1.29. The van der Waals surface area contributed by atoms with E-state index < -0.39 is 60.2 Å². The highest BCUT2D eigenvalue weighted by Gasteiger charge is 2.30. The number of carbonyl (C=O) groups excluding carboxylic acids is 4. The van der Waals surface area contributed by atoms with Gasteiger partial charge in [0.25, 0.3) is 0 Å². The third kappa shape index (κ3) is 13.5. The fraction of sp³-hybridized carbons (Fsp3) is 0.520. The van der Waals surface area contributed by atoms with Crippen LogP contribution in [0.3, 0.4) is 0 Å². The number of carboxylic acids is 1. The average Bonchev–Trinajstić information content (AvgIpc) is 2.89. The number of carbonyl (C=O) groups is 5. The van der Waals surface area contributed by atoms with Crippen LogP contribution in [0.4, 0.5) is 0 Å². The first-order chi connectivity index (χ1) is 18.9. The van der Waals surface area contributed by atoms with Crippen molar-refractivity contribution in [3.8, 4) is 0 Å². The molecule has 222 valence electrons. The zero-order valence-corrected chi connectivity index (χ0v) is 22.4. The van der Waals surface area contributed by atoms with Crippen LogP contribution in [-0.4, -0.2) is 77.9 Å². The highest BCUT2D eigenvalue weighted by Crippen LogP contribution is 2.08. The van der Waals surface area contributed by atoms with Gasteiger partial charge in [0.05, 0.1) is 12.5 Å². The van der Waals surface area contributed by atoms with Crippen molar-refractivity contribution in [2.45, 2.75) is 69.1 Å². The summed E-state index contributed by atoms with van der Waals surface area (Å²) in [5, 5.41) is 17.2. The van der Waals surface area contributed by atoms with Gasteiger partial charge in [0, 0.05) is 13.0 Å². The van der Waals surface area contributed by atoms with E-state index in [2.05, 4.69) is 20.9 Å². The Labute approximate surface area is 232 Å². The van der Waals surface area contributed by atoms with Crippen molar-refractivity contribution >= 4 is 35.6 Å². The van der Waals surface area contributed by atoms with Crippen LogP contribution in [0.2, 0.25) is 0 Å². The van der Waals surface area contributed by atoms with Gasteiger partial charge in [-0.1, -0.05) is 30.3 Å². The number of rotatable bonds is 19. The molecule has 40 heavy (non-hydrogen) atoms. The van der Waals surface area contributed by atoms with E-state index in [4.69, 9.17) is 28.7 Å². The summed E-state index contributed by atoms with van der Waals surface area (Å²) in [4.78, 5) is 65.9. The van der Waals surface area contributed by atoms with E-state index >= 15 is 0 Å². The lowest BCUT2D eigenvalue weighted by Crippen LogP contribution is -2.57. The monoisotopic (exact) mass is 563 g/mol. The number of hydrogen-bond acceptors (Lipinski definition) is 8. The second kappa shape index (κ2) is 18.1. The highest BCUT2D eigenvalue weighted by molar-refractivity contribution is 5.95. The number of guanidine groups is 1. The average molecular weight is 564 g/mol. The Morgan fingerprint density at radius 3 is 1.95 bits per heavy atom. The number of unbranched alkanes of at least 4 members (excludes halogenated alkanes) is 1. The van der Waals surface area contributed by atoms with Crippen LogP contribution in [0, 0.1) is 0 Å². The Morgan fingerprint density at radius 2 is 1.38 bits per heavy atom. The minimum Gasteiger partial charge on any atom is -0.480 e. The number of amides is 4. The Morgan fingerprint density at radius 1 is 0.800 bits per heavy atom. The van der Waals surface area contributed by atoms with Crippen molar-refractivity contribution in [1.82, 2.24) is 16.0 Å². The Hall–Kier alpha value is -4.24. The standard InChI is InChI=1S/C25H41N9O6/c26-11-5-4-9-18(24(39)40)33-23(38)19(13-15-7-2-1-3-8-15)34-22(37)17(10-6-12-31-25(29)30)32-21(36)16(27)14-20(28)35/h1-3,7-8,16-19H,4-6,9-14,26-27H2,(H2,28,35)(H,32,36)(H,33,38)(H,34,37)(H,39,40)(H4,29,30,31). The predicted molar refractivity (Wildman–Crippen MR) is 148 cm³/mol. The number of primary amides is 1. The zero-order valence-electron chi connectivity index (χ0n) is 22.4. The molecule has 0 fully saturated rings. The Balaban J connectivity index is 3.14. The molecule has 1 rings (SSSR count). The molecule has 0 heterocycles. The molecule has 0 aliphatic heterocycles. The van der Waals surface area contributed by atoms with Crippen LogP contribution < -0.4 is 44.6 Å². The van der Waals surface area contributed by atoms with Crippen molar-refractivity contribution in [3.63, 3.8) is 0 Å². The maximum atomic E-state index is 13.3. The number of aliphatic carboxylic acids is 1. The molecule has 14 N–H and O–H groups in total. The first kappa shape index (κ1) is 33.8. The molecule has 0 spiro atoms. The topological polar surface area (TPSA) is 284 Å². The molecule has 15 heteroatoms. The van der Waals surface area contributed by atoms with Gasteiger partial charge in [-0.15, -0.1) is 0 Å². The quantitative estimate of drug-likeness (QED) is 0.0471. The number of nitrogens with one attached hydrogen (secondary N) is 3. The molecule has 4 amide bonds. The van der Waals surface area contributed by atoms with Crippen LogP contribution in [0.1, 0.15) is 44.1 Å². The second-order valence-corrected chi connectivity index (χ2v) is 9.22. The molecular weight excluding hydrogens is 522 g/mol. The van der Waals surface area contributed by atoms with Gasteiger partial charge in [-0.2, -0.15) is 0 Å². The van der Waals surface area contributed by atoms with Crippen molar-refractivity contribution in [2.24, 2.45) is 33.7 Å². The third-order valence-corrected chi connectivity index (χ3v) is 5.81. The minimum absolute atomic E-state index is 0.0450. The normalized spacial score (nSPS) is 13.7. The lowest BCUT2D eigenvalue weighted by molar-refractivity contribution is -0.142. The van der Waals surface area contributed by atoms with Gasteiger partial charge in [0.1, 0.15) is 18.1 Å². The van der Waals surface area contributed by atoms with E-state index in [0.717, 1.165) is 0 Å². The molecule has 0 saturated heterocycles. The molecule has 15 nitrogen and oxygen atoms in total. The molecule has 0 aliphatic rings. The number of nitrogens with two attached hydrogens (primary N) is 5. The Bertz CT molecular complexity index is 1020. The van der Waals surface area contributed by atoms with Gasteiger partial charge in [0.2, 0.25) is 23.6 Å². The van der Waals surface area contributed by atoms with Crippen molar-refractivity contribution < 1.29 is 29.1 Å². The largest absolute Gasteiger partial charge is 0.480 e. The Kier molecular flexibility index (Phi) is 15.3. The first-order valence-electron chi connectivity index (χ1n) is 12.9. The maximum Gasteiger partial charge on any atom is 0.326 e. The number of nitrogens with zero attached hydrogens (tertiary/aromatic N) is 1. The highest BCUT2D eigenvalue weighted by atomic mass is 16.4. The van der Waals surface area contributed by atoms with E-state index in [-0.39, 0.29) is 38.2 Å². The van der Waals surface area contributed by atoms with Crippen LogP contribution in [0.5, 0.6) is 0 Å². The fourth-order valence-corrected chi connectivity index (χ4v) is 3.71. The van der Waals surface area contributed by atoms with Gasteiger partial charge < -0.3 is 49.7 Å². The summed E-state index contributed by atoms with van der Waals surface area (Å²) in [5.74, 6) is -4.40. The van der Waals surface area contributed by atoms with E-state index in [1.54, 1.807) is 30.3 Å². The van der Waals surface area contributed by atoms with E-state index in [1.165, 1.54) is 0 Å². The molecule has 0 aromatic heterocycles. The summed E-state index contributed by atoms with van der Waals surface area (Å²) in [5.41, 5.74) is 27.7. The summed E-state index contributed by atoms with van der Waals surface area (Å²) in [7, 11) is 0. The summed E-state index contributed by atoms with van der Waals surface area (Å²) in [6, 6.07) is 3.97. The smallest absolute Gasteiger partial charge is 0.326 e. The van der Waals surface area contributed by atoms with E-state index in [0.29, 0.717) is 24.9 Å². The number of hydrogen-bond donors (Lipinski definition) is 9. The molecule has 1 aromatic rings. The second-order valence-electron chi connectivity index (χ2n) is 9.22. The number of benzene rings is 1. The lowest BCUT2D eigenvalue weighted by Gasteiger charge is -2.25. The molecular formula is C25H41N9O6. The summed E-state index contributed by atoms with van der Waals surface area (Å²) < 4.78 is 0. The van der Waals surface area contributed by atoms with E-state index in [1.807, 2.05) is 0 Å². The van der Waals surface area contributed by atoms with Crippen molar-refractivity contribution in [1.29, 1.82) is 0 Å². The van der Waals surface area contributed by atoms with E-state index in [9.17, 15) is 29.1 Å². The van der Waals surface area contributed by atoms with Crippen molar-refractivity contribution in [2.75, 3.05) is 13.1 Å². The van der Waals surface area contributed by atoms with Gasteiger partial charge in [-0.05, 0) is 44.2 Å². The van der Waals surface area contributed by atoms with Gasteiger partial charge in [0.15, 0.2) is 5.96 Å². The van der Waals surface area contributed by atoms with Gasteiger partial charge in [-0.3, -0.25) is 24.2 Å². The predicted octanol–water partition coefficient (Wildman–Crippen LogP) is -2.85. The first-order valence-corrected chi connectivity index (χ1v) is 12.9. The summed E-state index contributed by atoms with van der Waals surface area (Å²) >= 11 is 0. The zero-order chi connectivity index (χ0) is 30.1. The van der Waals surface area contributed by atoms with Crippen molar-refractivity contribution in [3.05, 3.63) is 35.9 Å². The van der Waals surface area contributed by atoms with Crippen LogP contribution in [0.15, 0.2) is 35.3 Å². The maximum absolute atomic E-state index is 13.3. The lowest BCUT2D eigenvalue weighted by atomic mass is 10.0. The van der Waals surface area contributed by atoms with Crippen LogP contribution in [0.25, 0.3) is 0 Å². The molecule has 0 saturated carbocycles. The van der Waals surface area contributed by atoms with Crippen LogP contribution in [-0.2, 0) is 30.4 Å². The molecule has 0 bridgehead atoms. The molecule has 0 radical (unpaired) electrons. The summed E-state index contributed by atoms with van der Waals surface area (Å²) in [6.45, 7) is 0.540. The molecule has 4 unspecified atom stereocenters. The van der Waals surface area contributed by atoms with Gasteiger partial charge in [-0.25, -0.2) is 4.79 Å². The summed E-state index contributed by atoms with van der Waals surface area (Å²) in [6.07, 6.45) is 1.18.